The van der Waals surface area contributed by atoms with Crippen molar-refractivity contribution in [2.45, 2.75) is 20.8 Å². The third kappa shape index (κ3) is 4.08. The summed E-state index contributed by atoms with van der Waals surface area (Å²) in [6.07, 6.45) is 0. The maximum atomic E-state index is 12.2. The third-order valence-electron chi connectivity index (χ3n) is 3.98. The molecule has 134 valence electrons. The van der Waals surface area contributed by atoms with E-state index in [1.54, 1.807) is 4.68 Å². The van der Waals surface area contributed by atoms with E-state index in [4.69, 9.17) is 0 Å². The molecule has 0 fully saturated rings. The van der Waals surface area contributed by atoms with Gasteiger partial charge in [-0.25, -0.2) is 0 Å². The number of aromatic nitrogens is 4. The predicted molar refractivity (Wildman–Crippen MR) is 105 cm³/mol. The summed E-state index contributed by atoms with van der Waals surface area (Å²) in [5, 5.41) is 17.6. The zero-order valence-corrected chi connectivity index (χ0v) is 16.3. The molecule has 0 saturated heterocycles. The quantitative estimate of drug-likeness (QED) is 0.667. The molecule has 0 bridgehead atoms. The minimum Gasteiger partial charge on any atom is -0.376 e. The zero-order valence-electron chi connectivity index (χ0n) is 14.7. The van der Waals surface area contributed by atoms with Crippen LogP contribution in [-0.4, -0.2) is 32.7 Å². The van der Waals surface area contributed by atoms with Gasteiger partial charge in [-0.2, -0.15) is 4.68 Å². The van der Waals surface area contributed by atoms with Gasteiger partial charge in [0.15, 0.2) is 5.82 Å². The number of carbonyl (C=O) groups excluding carboxylic acids is 1. The number of anilines is 2. The van der Waals surface area contributed by atoms with Gasteiger partial charge in [0.1, 0.15) is 0 Å². The Morgan fingerprint density at radius 3 is 2.62 bits per heavy atom. The molecule has 0 saturated carbocycles. The van der Waals surface area contributed by atoms with Crippen LogP contribution in [0.2, 0.25) is 0 Å². The summed E-state index contributed by atoms with van der Waals surface area (Å²) in [5.41, 5.74) is 4.54. The van der Waals surface area contributed by atoms with Gasteiger partial charge < -0.3 is 10.6 Å². The molecule has 7 nitrogen and oxygen atoms in total. The number of nitrogens with one attached hydrogen (secondary N) is 2. The average molecular weight is 415 g/mol. The lowest BCUT2D eigenvalue weighted by atomic mass is 10.1. The summed E-state index contributed by atoms with van der Waals surface area (Å²) < 4.78 is 2.65. The molecule has 3 aromatic rings. The fourth-order valence-corrected chi connectivity index (χ4v) is 3.02. The standard InChI is InChI=1S/C18H19BrN6O/c1-11-4-6-15(9-17(11)25-13(3)22-23-24-25)20-10-18(26)21-16-7-5-14(19)8-12(16)2/h4-9,20H,10H2,1-3H3,(H,21,26). The molecule has 1 aromatic heterocycles. The Balaban J connectivity index is 1.68. The van der Waals surface area contributed by atoms with E-state index < -0.39 is 0 Å². The van der Waals surface area contributed by atoms with Crippen molar-refractivity contribution in [2.75, 3.05) is 17.2 Å². The number of aryl methyl sites for hydroxylation is 3. The smallest absolute Gasteiger partial charge is 0.243 e. The SMILES string of the molecule is Cc1cc(Br)ccc1NC(=O)CNc1ccc(C)c(-n2nnnc2C)c1. The number of hydrogen-bond donors (Lipinski definition) is 2. The number of nitrogens with zero attached hydrogens (tertiary/aromatic N) is 4. The van der Waals surface area contributed by atoms with Gasteiger partial charge in [-0.3, -0.25) is 4.79 Å². The summed E-state index contributed by atoms with van der Waals surface area (Å²) in [5.74, 6) is 0.588. The first-order valence-corrected chi connectivity index (χ1v) is 8.89. The molecule has 0 aliphatic heterocycles. The van der Waals surface area contributed by atoms with Gasteiger partial charge >= 0.3 is 0 Å². The van der Waals surface area contributed by atoms with Gasteiger partial charge in [-0.15, -0.1) is 5.10 Å². The molecule has 0 unspecified atom stereocenters. The van der Waals surface area contributed by atoms with Crippen molar-refractivity contribution in [1.29, 1.82) is 0 Å². The average Bonchev–Trinajstić information content (AvgIpc) is 3.02. The van der Waals surface area contributed by atoms with Gasteiger partial charge in [0.2, 0.25) is 5.91 Å². The lowest BCUT2D eigenvalue weighted by Gasteiger charge is -2.12. The second-order valence-corrected chi connectivity index (χ2v) is 6.92. The summed E-state index contributed by atoms with van der Waals surface area (Å²) >= 11 is 3.42. The van der Waals surface area contributed by atoms with E-state index in [1.165, 1.54) is 0 Å². The number of hydrogen-bond acceptors (Lipinski definition) is 5. The Kier molecular flexibility index (Phi) is 5.32. The molecule has 1 heterocycles. The van der Waals surface area contributed by atoms with Crippen molar-refractivity contribution in [1.82, 2.24) is 20.2 Å². The Labute approximate surface area is 159 Å². The van der Waals surface area contributed by atoms with Crippen molar-refractivity contribution in [3.05, 3.63) is 57.8 Å². The molecule has 0 spiro atoms. The Morgan fingerprint density at radius 1 is 1.12 bits per heavy atom. The van der Waals surface area contributed by atoms with E-state index in [0.29, 0.717) is 5.82 Å². The van der Waals surface area contributed by atoms with Crippen molar-refractivity contribution in [3.8, 4) is 5.69 Å². The lowest BCUT2D eigenvalue weighted by Crippen LogP contribution is -2.22. The van der Waals surface area contributed by atoms with Crippen molar-refractivity contribution in [2.24, 2.45) is 0 Å². The molecular weight excluding hydrogens is 396 g/mol. The molecule has 8 heteroatoms. The first-order valence-electron chi connectivity index (χ1n) is 8.10. The van der Waals surface area contributed by atoms with Crippen LogP contribution in [0.1, 0.15) is 17.0 Å². The van der Waals surface area contributed by atoms with Gasteiger partial charge in [0, 0.05) is 15.8 Å². The van der Waals surface area contributed by atoms with Crippen molar-refractivity contribution < 1.29 is 4.79 Å². The first-order chi connectivity index (χ1) is 12.4. The van der Waals surface area contributed by atoms with Crippen molar-refractivity contribution >= 4 is 33.2 Å². The van der Waals surface area contributed by atoms with E-state index in [9.17, 15) is 4.79 Å². The zero-order chi connectivity index (χ0) is 18.7. The van der Waals surface area contributed by atoms with Crippen LogP contribution in [0.15, 0.2) is 40.9 Å². The first kappa shape index (κ1) is 18.1. The highest BCUT2D eigenvalue weighted by molar-refractivity contribution is 9.10. The molecule has 3 rings (SSSR count). The second-order valence-electron chi connectivity index (χ2n) is 6.00. The van der Waals surface area contributed by atoms with Crippen LogP contribution < -0.4 is 10.6 Å². The number of rotatable bonds is 5. The van der Waals surface area contributed by atoms with E-state index >= 15 is 0 Å². The van der Waals surface area contributed by atoms with Crippen LogP contribution >= 0.6 is 15.9 Å². The van der Waals surface area contributed by atoms with Gasteiger partial charge in [-0.05, 0) is 72.7 Å². The summed E-state index contributed by atoms with van der Waals surface area (Å²) in [6, 6.07) is 11.6. The minimum absolute atomic E-state index is 0.115. The fraction of sp³-hybridized carbons (Fsp3) is 0.222. The van der Waals surface area contributed by atoms with Crippen molar-refractivity contribution in [3.63, 3.8) is 0 Å². The number of benzene rings is 2. The highest BCUT2D eigenvalue weighted by Crippen LogP contribution is 2.21. The van der Waals surface area contributed by atoms with Crippen LogP contribution in [0.4, 0.5) is 11.4 Å². The van der Waals surface area contributed by atoms with E-state index in [1.807, 2.05) is 57.2 Å². The van der Waals surface area contributed by atoms with Gasteiger partial charge in [-0.1, -0.05) is 22.0 Å². The summed E-state index contributed by atoms with van der Waals surface area (Å²) in [7, 11) is 0. The predicted octanol–water partition coefficient (Wildman–Crippen LogP) is 3.40. The molecule has 0 aliphatic carbocycles. The normalized spacial score (nSPS) is 10.6. The van der Waals surface area contributed by atoms with Crippen LogP contribution in [0, 0.1) is 20.8 Å². The summed E-state index contributed by atoms with van der Waals surface area (Å²) in [4.78, 5) is 12.2. The van der Waals surface area contributed by atoms with E-state index in [0.717, 1.165) is 32.7 Å². The maximum absolute atomic E-state index is 12.2. The van der Waals surface area contributed by atoms with E-state index in [-0.39, 0.29) is 12.5 Å². The number of tetrazole rings is 1. The molecule has 26 heavy (non-hydrogen) atoms. The van der Waals surface area contributed by atoms with Crippen LogP contribution in [0.3, 0.4) is 0 Å². The Bertz CT molecular complexity index is 953. The highest BCUT2D eigenvalue weighted by atomic mass is 79.9. The Morgan fingerprint density at radius 2 is 1.92 bits per heavy atom. The molecule has 0 aliphatic rings. The second kappa shape index (κ2) is 7.65. The highest BCUT2D eigenvalue weighted by Gasteiger charge is 2.09. The van der Waals surface area contributed by atoms with Crippen LogP contribution in [0.25, 0.3) is 5.69 Å². The van der Waals surface area contributed by atoms with Gasteiger partial charge in [0.25, 0.3) is 0 Å². The van der Waals surface area contributed by atoms with Crippen LogP contribution in [0.5, 0.6) is 0 Å². The number of amides is 1. The maximum Gasteiger partial charge on any atom is 0.243 e. The fourth-order valence-electron chi connectivity index (χ4n) is 2.55. The number of carbonyl (C=O) groups is 1. The largest absolute Gasteiger partial charge is 0.376 e. The Hall–Kier alpha value is -2.74. The molecule has 2 aromatic carbocycles. The van der Waals surface area contributed by atoms with E-state index in [2.05, 4.69) is 42.1 Å². The molecule has 2 N–H and O–H groups in total. The minimum atomic E-state index is -0.115. The topological polar surface area (TPSA) is 84.7 Å². The van der Waals surface area contributed by atoms with Gasteiger partial charge in [0.05, 0.1) is 12.2 Å². The third-order valence-corrected chi connectivity index (χ3v) is 4.47. The molecular formula is C18H19BrN6O. The number of halogens is 1. The lowest BCUT2D eigenvalue weighted by molar-refractivity contribution is -0.114. The van der Waals surface area contributed by atoms with Crippen LogP contribution in [-0.2, 0) is 4.79 Å². The molecule has 1 amide bonds. The molecule has 0 atom stereocenters. The summed E-state index contributed by atoms with van der Waals surface area (Å²) in [6.45, 7) is 5.94. The monoisotopic (exact) mass is 414 g/mol. The molecule has 0 radical (unpaired) electrons.